The van der Waals surface area contributed by atoms with Crippen LogP contribution in [0.25, 0.3) is 0 Å². The van der Waals surface area contributed by atoms with Crippen LogP contribution in [-0.2, 0) is 13.0 Å². The van der Waals surface area contributed by atoms with Crippen LogP contribution < -0.4 is 10.6 Å². The van der Waals surface area contributed by atoms with Crippen LogP contribution in [0.15, 0.2) is 42.5 Å². The quantitative estimate of drug-likeness (QED) is 0.789. The van der Waals surface area contributed by atoms with Crippen LogP contribution in [0.4, 0.5) is 5.69 Å². The lowest BCUT2D eigenvalue weighted by Gasteiger charge is -2.17. The summed E-state index contributed by atoms with van der Waals surface area (Å²) in [6.45, 7) is 1.86. The molecule has 2 aromatic rings. The van der Waals surface area contributed by atoms with E-state index in [-0.39, 0.29) is 5.91 Å². The summed E-state index contributed by atoms with van der Waals surface area (Å²) in [5.41, 5.74) is 4.12. The minimum absolute atomic E-state index is 0.0552. The molecule has 3 nitrogen and oxygen atoms in total. The van der Waals surface area contributed by atoms with Crippen molar-refractivity contribution in [1.82, 2.24) is 5.32 Å². The molecular weight excluding hydrogens is 363 g/mol. The zero-order chi connectivity index (χ0) is 13.9. The van der Waals surface area contributed by atoms with Gasteiger partial charge in [-0.3, -0.25) is 4.79 Å². The topological polar surface area (TPSA) is 41.1 Å². The second-order valence-electron chi connectivity index (χ2n) is 4.87. The average molecular weight is 378 g/mol. The largest absolute Gasteiger partial charge is 0.322 e. The monoisotopic (exact) mass is 378 g/mol. The predicted octanol–water partition coefficient (Wildman–Crippen LogP) is 3.19. The minimum atomic E-state index is -0.0552. The van der Waals surface area contributed by atoms with Crippen LogP contribution in [-0.4, -0.2) is 12.5 Å². The summed E-state index contributed by atoms with van der Waals surface area (Å²) in [6, 6.07) is 13.8. The Morgan fingerprint density at radius 1 is 1.15 bits per heavy atom. The van der Waals surface area contributed by atoms with Gasteiger partial charge in [0.1, 0.15) is 0 Å². The third-order valence-electron chi connectivity index (χ3n) is 3.44. The summed E-state index contributed by atoms with van der Waals surface area (Å²) in [6.07, 6.45) is 1.04. The van der Waals surface area contributed by atoms with Crippen molar-refractivity contribution >= 4 is 34.2 Å². The number of amides is 1. The van der Waals surface area contributed by atoms with E-state index in [0.29, 0.717) is 5.56 Å². The molecule has 1 heterocycles. The fourth-order valence-corrected chi connectivity index (χ4v) is 2.93. The first-order chi connectivity index (χ1) is 9.72. The SMILES string of the molecule is O=C(Nc1cccc(I)c1)c1ccc2c(c1)CNCC2. The van der Waals surface area contributed by atoms with Crippen molar-refractivity contribution < 1.29 is 4.79 Å². The Morgan fingerprint density at radius 3 is 2.90 bits per heavy atom. The first-order valence-electron chi connectivity index (χ1n) is 6.62. The van der Waals surface area contributed by atoms with Gasteiger partial charge in [0.05, 0.1) is 0 Å². The number of nitrogens with one attached hydrogen (secondary N) is 2. The first kappa shape index (κ1) is 13.6. The molecule has 2 N–H and O–H groups in total. The molecule has 20 heavy (non-hydrogen) atoms. The van der Waals surface area contributed by atoms with Crippen molar-refractivity contribution in [1.29, 1.82) is 0 Å². The maximum absolute atomic E-state index is 12.3. The summed E-state index contributed by atoms with van der Waals surface area (Å²) in [5.74, 6) is -0.0552. The molecule has 0 atom stereocenters. The van der Waals surface area contributed by atoms with Gasteiger partial charge in [0.25, 0.3) is 5.91 Å². The number of hydrogen-bond donors (Lipinski definition) is 2. The molecule has 4 heteroatoms. The molecule has 3 rings (SSSR count). The molecule has 0 unspecified atom stereocenters. The molecule has 0 spiro atoms. The fraction of sp³-hybridized carbons (Fsp3) is 0.188. The second-order valence-corrected chi connectivity index (χ2v) is 6.12. The van der Waals surface area contributed by atoms with Gasteiger partial charge in [-0.05, 0) is 77.0 Å². The summed E-state index contributed by atoms with van der Waals surface area (Å²) in [5, 5.41) is 6.27. The molecule has 1 aliphatic rings. The van der Waals surface area contributed by atoms with Crippen molar-refractivity contribution in [3.63, 3.8) is 0 Å². The van der Waals surface area contributed by atoms with E-state index in [4.69, 9.17) is 0 Å². The van der Waals surface area contributed by atoms with Gasteiger partial charge in [0, 0.05) is 21.4 Å². The van der Waals surface area contributed by atoms with Crippen molar-refractivity contribution in [3.05, 3.63) is 62.7 Å². The number of rotatable bonds is 2. The van der Waals surface area contributed by atoms with Gasteiger partial charge in [0.15, 0.2) is 0 Å². The van der Waals surface area contributed by atoms with Gasteiger partial charge in [0.2, 0.25) is 0 Å². The van der Waals surface area contributed by atoms with E-state index in [1.807, 2.05) is 36.4 Å². The van der Waals surface area contributed by atoms with Crippen molar-refractivity contribution in [2.45, 2.75) is 13.0 Å². The highest BCUT2D eigenvalue weighted by Crippen LogP contribution is 2.18. The van der Waals surface area contributed by atoms with E-state index in [1.54, 1.807) is 0 Å². The summed E-state index contributed by atoms with van der Waals surface area (Å²) in [7, 11) is 0. The Hall–Kier alpha value is -1.40. The van der Waals surface area contributed by atoms with E-state index < -0.39 is 0 Å². The van der Waals surface area contributed by atoms with E-state index in [0.717, 1.165) is 28.8 Å². The zero-order valence-corrected chi connectivity index (χ0v) is 13.1. The molecule has 1 amide bonds. The van der Waals surface area contributed by atoms with Gasteiger partial charge in [-0.15, -0.1) is 0 Å². The Morgan fingerprint density at radius 2 is 2.05 bits per heavy atom. The predicted molar refractivity (Wildman–Crippen MR) is 89.0 cm³/mol. The van der Waals surface area contributed by atoms with Gasteiger partial charge in [-0.1, -0.05) is 12.1 Å². The van der Waals surface area contributed by atoms with Gasteiger partial charge in [-0.2, -0.15) is 0 Å². The highest BCUT2D eigenvalue weighted by atomic mass is 127. The normalized spacial score (nSPS) is 13.7. The molecule has 0 saturated heterocycles. The maximum atomic E-state index is 12.3. The van der Waals surface area contributed by atoms with Crippen LogP contribution in [0.1, 0.15) is 21.5 Å². The number of anilines is 1. The maximum Gasteiger partial charge on any atom is 0.255 e. The standard InChI is InChI=1S/C16H15IN2O/c17-14-2-1-3-15(9-14)19-16(20)12-5-4-11-6-7-18-10-13(11)8-12/h1-5,8-9,18H,6-7,10H2,(H,19,20). The number of hydrogen-bond acceptors (Lipinski definition) is 2. The third-order valence-corrected chi connectivity index (χ3v) is 4.11. The Bertz CT molecular complexity index is 655. The highest BCUT2D eigenvalue weighted by molar-refractivity contribution is 14.1. The summed E-state index contributed by atoms with van der Waals surface area (Å²) >= 11 is 2.24. The molecule has 0 saturated carbocycles. The van der Waals surface area contributed by atoms with E-state index in [1.165, 1.54) is 11.1 Å². The van der Waals surface area contributed by atoms with Crippen LogP contribution in [0.5, 0.6) is 0 Å². The molecule has 102 valence electrons. The Balaban J connectivity index is 1.80. The minimum Gasteiger partial charge on any atom is -0.322 e. The Labute approximate surface area is 131 Å². The van der Waals surface area contributed by atoms with Gasteiger partial charge >= 0.3 is 0 Å². The lowest BCUT2D eigenvalue weighted by Crippen LogP contribution is -2.24. The van der Waals surface area contributed by atoms with Gasteiger partial charge < -0.3 is 10.6 Å². The van der Waals surface area contributed by atoms with Crippen molar-refractivity contribution in [2.75, 3.05) is 11.9 Å². The molecule has 1 aliphatic heterocycles. The van der Waals surface area contributed by atoms with Gasteiger partial charge in [-0.25, -0.2) is 0 Å². The average Bonchev–Trinajstić information content (AvgIpc) is 2.47. The first-order valence-corrected chi connectivity index (χ1v) is 7.70. The van der Waals surface area contributed by atoms with Crippen LogP contribution >= 0.6 is 22.6 Å². The number of carbonyl (C=O) groups excluding carboxylic acids is 1. The van der Waals surface area contributed by atoms with Crippen molar-refractivity contribution in [2.24, 2.45) is 0 Å². The van der Waals surface area contributed by atoms with E-state index in [2.05, 4.69) is 39.3 Å². The number of fused-ring (bicyclic) bond motifs is 1. The zero-order valence-electron chi connectivity index (χ0n) is 10.9. The number of carbonyl (C=O) groups is 1. The van der Waals surface area contributed by atoms with E-state index in [9.17, 15) is 4.79 Å². The van der Waals surface area contributed by atoms with Crippen LogP contribution in [0.2, 0.25) is 0 Å². The molecule has 0 fully saturated rings. The second kappa shape index (κ2) is 5.93. The molecule has 0 bridgehead atoms. The third kappa shape index (κ3) is 3.02. The molecule has 0 aromatic heterocycles. The lowest BCUT2D eigenvalue weighted by molar-refractivity contribution is 0.102. The summed E-state index contributed by atoms with van der Waals surface area (Å²) < 4.78 is 1.11. The summed E-state index contributed by atoms with van der Waals surface area (Å²) in [4.78, 5) is 12.3. The smallest absolute Gasteiger partial charge is 0.255 e. The molecule has 0 radical (unpaired) electrons. The number of benzene rings is 2. The highest BCUT2D eigenvalue weighted by Gasteiger charge is 2.12. The van der Waals surface area contributed by atoms with Crippen LogP contribution in [0.3, 0.4) is 0 Å². The van der Waals surface area contributed by atoms with Crippen molar-refractivity contribution in [3.8, 4) is 0 Å². The number of halogens is 1. The molecular formula is C16H15IN2O. The van der Waals surface area contributed by atoms with Crippen LogP contribution in [0, 0.1) is 3.57 Å². The molecule has 2 aromatic carbocycles. The Kier molecular flexibility index (Phi) is 4.03. The van der Waals surface area contributed by atoms with E-state index >= 15 is 0 Å². The molecule has 0 aliphatic carbocycles. The fourth-order valence-electron chi connectivity index (χ4n) is 2.39. The lowest BCUT2D eigenvalue weighted by atomic mass is 9.98.